The summed E-state index contributed by atoms with van der Waals surface area (Å²) >= 11 is 0. The molecule has 1 aliphatic rings. The Morgan fingerprint density at radius 2 is 1.41 bits per heavy atom. The third kappa shape index (κ3) is 6.57. The summed E-state index contributed by atoms with van der Waals surface area (Å²) in [5, 5.41) is 3.92. The second-order valence-electron chi connectivity index (χ2n) is 8.52. The maximum absolute atomic E-state index is 13.4. The van der Waals surface area contributed by atoms with Crippen molar-refractivity contribution >= 4 is 38.1 Å². The van der Waals surface area contributed by atoms with Gasteiger partial charge in [0.25, 0.3) is 5.91 Å². The highest BCUT2D eigenvalue weighted by atomic mass is 32.2. The van der Waals surface area contributed by atoms with Crippen LogP contribution in [0.4, 0.5) is 0 Å². The van der Waals surface area contributed by atoms with E-state index in [2.05, 4.69) is 10.5 Å². The Morgan fingerprint density at radius 1 is 0.846 bits per heavy atom. The van der Waals surface area contributed by atoms with Gasteiger partial charge in [0.2, 0.25) is 20.0 Å². The second kappa shape index (κ2) is 11.9. The Morgan fingerprint density at radius 3 is 1.97 bits per heavy atom. The van der Waals surface area contributed by atoms with Crippen molar-refractivity contribution in [3.63, 3.8) is 0 Å². The summed E-state index contributed by atoms with van der Waals surface area (Å²) in [5.74, 6) is -0.919. The monoisotopic (exact) mass is 570 g/mol. The number of benzene rings is 3. The van der Waals surface area contributed by atoms with Gasteiger partial charge in [0, 0.05) is 26.6 Å². The van der Waals surface area contributed by atoms with Gasteiger partial charge in [-0.1, -0.05) is 36.4 Å². The van der Waals surface area contributed by atoms with Crippen LogP contribution >= 0.6 is 0 Å². The number of carbonyl (C=O) groups is 2. The Labute approximate surface area is 226 Å². The molecule has 13 heteroatoms. The molecule has 0 unspecified atom stereocenters. The highest BCUT2D eigenvalue weighted by molar-refractivity contribution is 7.89. The Balaban J connectivity index is 1.57. The molecule has 1 aliphatic heterocycles. The van der Waals surface area contributed by atoms with Gasteiger partial charge < -0.3 is 4.74 Å². The van der Waals surface area contributed by atoms with Crippen molar-refractivity contribution in [2.75, 3.05) is 19.6 Å². The van der Waals surface area contributed by atoms with Crippen LogP contribution in [0.1, 0.15) is 12.5 Å². The lowest BCUT2D eigenvalue weighted by Gasteiger charge is -2.38. The van der Waals surface area contributed by atoms with Crippen LogP contribution in [0.2, 0.25) is 0 Å². The van der Waals surface area contributed by atoms with E-state index in [1.165, 1.54) is 37.4 Å². The zero-order valence-electron chi connectivity index (χ0n) is 20.9. The van der Waals surface area contributed by atoms with Crippen LogP contribution in [0.5, 0.6) is 5.75 Å². The van der Waals surface area contributed by atoms with Crippen molar-refractivity contribution in [2.24, 2.45) is 5.10 Å². The Hall–Kier alpha value is -3.91. The van der Waals surface area contributed by atoms with E-state index >= 15 is 0 Å². The first-order chi connectivity index (χ1) is 18.6. The fourth-order valence-electron chi connectivity index (χ4n) is 3.96. The number of amides is 1. The van der Waals surface area contributed by atoms with E-state index in [0.29, 0.717) is 11.3 Å². The zero-order chi connectivity index (χ0) is 28.0. The van der Waals surface area contributed by atoms with Crippen molar-refractivity contribution in [1.29, 1.82) is 0 Å². The van der Waals surface area contributed by atoms with Crippen LogP contribution in [0, 0.1) is 0 Å². The minimum Gasteiger partial charge on any atom is -0.427 e. The van der Waals surface area contributed by atoms with E-state index in [4.69, 9.17) is 4.74 Å². The van der Waals surface area contributed by atoms with E-state index < -0.39 is 44.5 Å². The van der Waals surface area contributed by atoms with E-state index in [0.717, 1.165) is 8.61 Å². The van der Waals surface area contributed by atoms with Gasteiger partial charge in [0.1, 0.15) is 11.8 Å². The zero-order valence-corrected chi connectivity index (χ0v) is 22.5. The highest BCUT2D eigenvalue weighted by Crippen LogP contribution is 2.25. The van der Waals surface area contributed by atoms with Gasteiger partial charge in [-0.2, -0.15) is 13.7 Å². The number of sulfonamides is 2. The van der Waals surface area contributed by atoms with E-state index in [1.54, 1.807) is 60.7 Å². The summed E-state index contributed by atoms with van der Waals surface area (Å²) < 4.78 is 60.4. The molecule has 0 aliphatic carbocycles. The largest absolute Gasteiger partial charge is 0.427 e. The molecule has 1 amide bonds. The van der Waals surface area contributed by atoms with Crippen LogP contribution in [0.3, 0.4) is 0 Å². The molecule has 0 radical (unpaired) electrons. The first-order valence-corrected chi connectivity index (χ1v) is 14.7. The van der Waals surface area contributed by atoms with E-state index in [9.17, 15) is 26.4 Å². The maximum atomic E-state index is 13.4. The number of nitrogens with zero attached hydrogens (tertiary/aromatic N) is 3. The Bertz CT molecular complexity index is 1560. The predicted molar refractivity (Wildman–Crippen MR) is 143 cm³/mol. The minimum atomic E-state index is -4.12. The lowest BCUT2D eigenvalue weighted by atomic mass is 10.2. The smallest absolute Gasteiger partial charge is 0.308 e. The van der Waals surface area contributed by atoms with Crippen molar-refractivity contribution in [3.8, 4) is 5.75 Å². The molecule has 3 aromatic rings. The molecule has 0 saturated carbocycles. The van der Waals surface area contributed by atoms with Crippen LogP contribution in [-0.4, -0.2) is 69.2 Å². The van der Waals surface area contributed by atoms with Gasteiger partial charge in [0.05, 0.1) is 16.0 Å². The number of nitrogens with one attached hydrogen (secondary N) is 1. The molecular weight excluding hydrogens is 544 g/mol. The van der Waals surface area contributed by atoms with E-state index in [1.807, 2.05) is 0 Å². The molecule has 1 heterocycles. The molecule has 1 N–H and O–H groups in total. The van der Waals surface area contributed by atoms with Crippen LogP contribution in [0.25, 0.3) is 0 Å². The van der Waals surface area contributed by atoms with Crippen LogP contribution in [0.15, 0.2) is 99.8 Å². The second-order valence-corrected chi connectivity index (χ2v) is 12.3. The predicted octanol–water partition coefficient (Wildman–Crippen LogP) is 1.83. The summed E-state index contributed by atoms with van der Waals surface area (Å²) in [4.78, 5) is 24.3. The number of hydrogen-bond acceptors (Lipinski definition) is 8. The number of carbonyl (C=O) groups excluding carboxylic acids is 2. The third-order valence-electron chi connectivity index (χ3n) is 5.86. The first kappa shape index (κ1) is 28.1. The van der Waals surface area contributed by atoms with Crippen molar-refractivity contribution in [2.45, 2.75) is 22.8 Å². The van der Waals surface area contributed by atoms with Crippen LogP contribution < -0.4 is 10.2 Å². The maximum Gasteiger partial charge on any atom is 0.308 e. The van der Waals surface area contributed by atoms with Gasteiger partial charge in [-0.3, -0.25) is 9.59 Å². The molecule has 1 atom stereocenters. The normalized spacial score (nSPS) is 17.1. The number of esters is 1. The standard InChI is InChI=1S/C26H26N4O7S2/c1-20(31)37-22-14-12-21(13-15-22)18-27-28-26(32)25-19-29(38(33,34)23-8-4-2-5-9-23)16-17-30(25)39(35,36)24-10-6-3-7-11-24/h2-15,18,25H,16-17,19H2,1H3,(H,28,32)/b27-18-/t25-/m0/s1. The molecule has 39 heavy (non-hydrogen) atoms. The highest BCUT2D eigenvalue weighted by Gasteiger charge is 2.43. The summed E-state index contributed by atoms with van der Waals surface area (Å²) in [7, 11) is -8.10. The molecular formula is C26H26N4O7S2. The molecule has 11 nitrogen and oxygen atoms in total. The average Bonchev–Trinajstić information content (AvgIpc) is 2.94. The minimum absolute atomic E-state index is 0.0152. The van der Waals surface area contributed by atoms with Gasteiger partial charge in [0.15, 0.2) is 0 Å². The molecule has 3 aromatic carbocycles. The number of hydrazone groups is 1. The molecule has 0 spiro atoms. The van der Waals surface area contributed by atoms with Crippen molar-refractivity contribution in [3.05, 3.63) is 90.5 Å². The number of piperazine rings is 1. The third-order valence-corrected chi connectivity index (χ3v) is 9.66. The topological polar surface area (TPSA) is 143 Å². The van der Waals surface area contributed by atoms with Gasteiger partial charge in [-0.05, 0) is 54.1 Å². The Kier molecular flexibility index (Phi) is 8.55. The van der Waals surface area contributed by atoms with Gasteiger partial charge in [-0.25, -0.2) is 22.3 Å². The number of rotatable bonds is 8. The van der Waals surface area contributed by atoms with Gasteiger partial charge in [-0.15, -0.1) is 0 Å². The first-order valence-electron chi connectivity index (χ1n) is 11.8. The quantitative estimate of drug-likeness (QED) is 0.188. The summed E-state index contributed by atoms with van der Waals surface area (Å²) in [6.45, 7) is 0.513. The fourth-order valence-corrected chi connectivity index (χ4v) is 7.01. The SMILES string of the molecule is CC(=O)Oc1ccc(/C=N\NC(=O)[C@@H]2CN(S(=O)(=O)c3ccccc3)CCN2S(=O)(=O)c2ccccc2)cc1. The van der Waals surface area contributed by atoms with E-state index in [-0.39, 0.29) is 22.9 Å². The average molecular weight is 571 g/mol. The van der Waals surface area contributed by atoms with Crippen molar-refractivity contribution in [1.82, 2.24) is 14.0 Å². The molecule has 1 fully saturated rings. The lowest BCUT2D eigenvalue weighted by Crippen LogP contribution is -2.60. The molecule has 0 aromatic heterocycles. The molecule has 0 bridgehead atoms. The molecule has 1 saturated heterocycles. The summed E-state index contributed by atoms with van der Waals surface area (Å²) in [6.07, 6.45) is 1.33. The summed E-state index contributed by atoms with van der Waals surface area (Å²) in [6, 6.07) is 20.3. The molecule has 204 valence electrons. The molecule has 4 rings (SSSR count). The van der Waals surface area contributed by atoms with Gasteiger partial charge >= 0.3 is 5.97 Å². The van der Waals surface area contributed by atoms with Crippen molar-refractivity contribution < 1.29 is 31.2 Å². The van der Waals surface area contributed by atoms with Crippen LogP contribution in [-0.2, 0) is 29.6 Å². The lowest BCUT2D eigenvalue weighted by molar-refractivity contribution is -0.132. The number of hydrogen-bond donors (Lipinski definition) is 1. The number of ether oxygens (including phenoxy) is 1. The fraction of sp³-hybridized carbons (Fsp3) is 0.192. The summed E-state index contributed by atoms with van der Waals surface area (Å²) in [5.41, 5.74) is 2.90.